The fourth-order valence-electron chi connectivity index (χ4n) is 2.78. The summed E-state index contributed by atoms with van der Waals surface area (Å²) in [6, 6.07) is 7.67. The van der Waals surface area contributed by atoms with E-state index in [2.05, 4.69) is 14.3 Å². The summed E-state index contributed by atoms with van der Waals surface area (Å²) in [6.45, 7) is 4.21. The van der Waals surface area contributed by atoms with Crippen LogP contribution in [0.3, 0.4) is 0 Å². The molecule has 0 spiro atoms. The number of sulfonamides is 1. The quantitative estimate of drug-likeness (QED) is 0.771. The third kappa shape index (κ3) is 4.69. The maximum absolute atomic E-state index is 12.1. The third-order valence-electron chi connectivity index (χ3n) is 4.22. The molecule has 2 heterocycles. The maximum atomic E-state index is 12.1. The lowest BCUT2D eigenvalue weighted by Gasteiger charge is -2.20. The van der Waals surface area contributed by atoms with Gasteiger partial charge in [0.1, 0.15) is 5.82 Å². The predicted octanol–water partition coefficient (Wildman–Crippen LogP) is 2.64. The van der Waals surface area contributed by atoms with Crippen LogP contribution in [0.25, 0.3) is 0 Å². The van der Waals surface area contributed by atoms with Crippen molar-refractivity contribution in [3.63, 3.8) is 0 Å². The number of halogens is 1. The number of benzene rings is 1. The molecule has 1 saturated heterocycles. The van der Waals surface area contributed by atoms with Gasteiger partial charge in [-0.2, -0.15) is 4.37 Å². The van der Waals surface area contributed by atoms with Gasteiger partial charge in [-0.25, -0.2) is 17.7 Å². The molecule has 0 N–H and O–H groups in total. The van der Waals surface area contributed by atoms with Crippen molar-refractivity contribution in [1.82, 2.24) is 13.7 Å². The molecule has 0 radical (unpaired) electrons. The second-order valence-corrected chi connectivity index (χ2v) is 9.36. The van der Waals surface area contributed by atoms with Crippen molar-refractivity contribution in [3.8, 4) is 0 Å². The van der Waals surface area contributed by atoms with E-state index in [9.17, 15) is 8.42 Å². The molecule has 0 amide bonds. The molecular weight excluding hydrogens is 380 g/mol. The number of hydrogen-bond acceptors (Lipinski definition) is 6. The molecule has 2 aromatic rings. The Labute approximate surface area is 157 Å². The summed E-state index contributed by atoms with van der Waals surface area (Å²) in [6.07, 6.45) is 1.46. The van der Waals surface area contributed by atoms with Crippen LogP contribution in [0.1, 0.15) is 24.7 Å². The molecule has 136 valence electrons. The SMILES string of the molecule is CCS(=O)(=O)N1CCCN(c2nc(Cc3ccc(Cl)cc3)ns2)CC1. The smallest absolute Gasteiger partial charge is 0.213 e. The van der Waals surface area contributed by atoms with Gasteiger partial charge in [0.15, 0.2) is 0 Å². The normalized spacial score (nSPS) is 16.8. The van der Waals surface area contributed by atoms with Crippen LogP contribution >= 0.6 is 23.1 Å². The van der Waals surface area contributed by atoms with Crippen molar-refractivity contribution >= 4 is 38.3 Å². The first kappa shape index (κ1) is 18.6. The van der Waals surface area contributed by atoms with Crippen LogP contribution in [-0.2, 0) is 16.4 Å². The average Bonchev–Trinajstić information content (AvgIpc) is 2.91. The first-order valence-corrected chi connectivity index (χ1v) is 11.0. The van der Waals surface area contributed by atoms with Gasteiger partial charge in [-0.1, -0.05) is 23.7 Å². The molecule has 1 fully saturated rings. The van der Waals surface area contributed by atoms with Gasteiger partial charge in [0, 0.05) is 49.2 Å². The van der Waals surface area contributed by atoms with E-state index in [1.165, 1.54) is 11.5 Å². The van der Waals surface area contributed by atoms with E-state index in [1.807, 2.05) is 24.3 Å². The Morgan fingerprint density at radius 3 is 2.64 bits per heavy atom. The van der Waals surface area contributed by atoms with Crippen LogP contribution in [-0.4, -0.2) is 54.0 Å². The Hall–Kier alpha value is -1.22. The van der Waals surface area contributed by atoms with Crippen molar-refractivity contribution in [2.75, 3.05) is 36.8 Å². The summed E-state index contributed by atoms with van der Waals surface area (Å²) in [4.78, 5) is 6.77. The van der Waals surface area contributed by atoms with Crippen LogP contribution in [0, 0.1) is 0 Å². The van der Waals surface area contributed by atoms with Crippen LogP contribution in [0.2, 0.25) is 5.02 Å². The summed E-state index contributed by atoms with van der Waals surface area (Å²) in [5.41, 5.74) is 1.12. The average molecular weight is 401 g/mol. The highest BCUT2D eigenvalue weighted by Crippen LogP contribution is 2.21. The van der Waals surface area contributed by atoms with Gasteiger partial charge < -0.3 is 4.90 Å². The van der Waals surface area contributed by atoms with Gasteiger partial charge in [0.2, 0.25) is 15.2 Å². The fourth-order valence-corrected chi connectivity index (χ4v) is 4.77. The van der Waals surface area contributed by atoms with E-state index in [1.54, 1.807) is 11.2 Å². The predicted molar refractivity (Wildman–Crippen MR) is 102 cm³/mol. The topological polar surface area (TPSA) is 66.4 Å². The molecule has 1 aromatic heterocycles. The van der Waals surface area contributed by atoms with E-state index in [0.717, 1.165) is 29.5 Å². The fraction of sp³-hybridized carbons (Fsp3) is 0.500. The molecule has 0 unspecified atom stereocenters. The molecule has 1 aliphatic heterocycles. The third-order valence-corrected chi connectivity index (χ3v) is 7.16. The number of nitrogens with zero attached hydrogens (tertiary/aromatic N) is 4. The maximum Gasteiger partial charge on any atom is 0.213 e. The summed E-state index contributed by atoms with van der Waals surface area (Å²) in [7, 11) is -3.13. The zero-order valence-corrected chi connectivity index (χ0v) is 16.4. The van der Waals surface area contributed by atoms with Gasteiger partial charge in [-0.15, -0.1) is 0 Å². The Kier molecular flexibility index (Phi) is 5.93. The van der Waals surface area contributed by atoms with Crippen molar-refractivity contribution in [1.29, 1.82) is 0 Å². The molecule has 1 aliphatic rings. The van der Waals surface area contributed by atoms with Gasteiger partial charge in [0.25, 0.3) is 0 Å². The van der Waals surface area contributed by atoms with Crippen molar-refractivity contribution in [2.24, 2.45) is 0 Å². The molecule has 0 bridgehead atoms. The van der Waals surface area contributed by atoms with E-state index >= 15 is 0 Å². The molecule has 3 rings (SSSR count). The largest absolute Gasteiger partial charge is 0.345 e. The summed E-state index contributed by atoms with van der Waals surface area (Å²) >= 11 is 7.28. The Morgan fingerprint density at radius 2 is 1.92 bits per heavy atom. The van der Waals surface area contributed by atoms with Gasteiger partial charge >= 0.3 is 0 Å². The summed E-state index contributed by atoms with van der Waals surface area (Å²) in [5.74, 6) is 0.932. The van der Waals surface area contributed by atoms with Gasteiger partial charge in [0.05, 0.1) is 5.75 Å². The van der Waals surface area contributed by atoms with Crippen LogP contribution < -0.4 is 4.90 Å². The van der Waals surface area contributed by atoms with E-state index in [4.69, 9.17) is 11.6 Å². The van der Waals surface area contributed by atoms with Gasteiger partial charge in [-0.05, 0) is 31.0 Å². The minimum Gasteiger partial charge on any atom is -0.345 e. The molecule has 25 heavy (non-hydrogen) atoms. The Morgan fingerprint density at radius 1 is 1.16 bits per heavy atom. The lowest BCUT2D eigenvalue weighted by atomic mass is 10.1. The number of aromatic nitrogens is 2. The summed E-state index contributed by atoms with van der Waals surface area (Å²) in [5, 5.41) is 1.58. The lowest BCUT2D eigenvalue weighted by molar-refractivity contribution is 0.434. The minimum atomic E-state index is -3.13. The highest BCUT2D eigenvalue weighted by atomic mass is 35.5. The molecule has 1 aromatic carbocycles. The second-order valence-electron chi connectivity index (χ2n) is 5.94. The number of hydrogen-bond donors (Lipinski definition) is 0. The molecule has 0 atom stereocenters. The van der Waals surface area contributed by atoms with Crippen LogP contribution in [0.5, 0.6) is 0 Å². The molecule has 9 heteroatoms. The van der Waals surface area contributed by atoms with E-state index in [0.29, 0.717) is 31.1 Å². The molecule has 0 saturated carbocycles. The number of anilines is 1. The van der Waals surface area contributed by atoms with Crippen molar-refractivity contribution < 1.29 is 8.42 Å². The molecular formula is C16H21ClN4O2S2. The highest BCUT2D eigenvalue weighted by molar-refractivity contribution is 7.89. The zero-order chi connectivity index (χ0) is 17.9. The Bertz CT molecular complexity index is 808. The highest BCUT2D eigenvalue weighted by Gasteiger charge is 2.24. The molecule has 0 aliphatic carbocycles. The first-order chi connectivity index (χ1) is 12.0. The standard InChI is InChI=1S/C16H21ClN4O2S2/c1-2-25(22,23)21-9-3-8-20(10-11-21)16-18-15(19-24-16)12-13-4-6-14(17)7-5-13/h4-7H,2-3,8-12H2,1H3. The van der Waals surface area contributed by atoms with E-state index in [-0.39, 0.29) is 5.75 Å². The molecule has 6 nitrogen and oxygen atoms in total. The van der Waals surface area contributed by atoms with Gasteiger partial charge in [-0.3, -0.25) is 0 Å². The Balaban J connectivity index is 1.65. The zero-order valence-electron chi connectivity index (χ0n) is 14.1. The minimum absolute atomic E-state index is 0.150. The van der Waals surface area contributed by atoms with Crippen molar-refractivity contribution in [2.45, 2.75) is 19.8 Å². The van der Waals surface area contributed by atoms with Crippen molar-refractivity contribution in [3.05, 3.63) is 40.7 Å². The second kappa shape index (κ2) is 7.99. The van der Waals surface area contributed by atoms with Crippen LogP contribution in [0.15, 0.2) is 24.3 Å². The monoisotopic (exact) mass is 400 g/mol. The van der Waals surface area contributed by atoms with Crippen LogP contribution in [0.4, 0.5) is 5.13 Å². The first-order valence-electron chi connectivity index (χ1n) is 8.28. The summed E-state index contributed by atoms with van der Waals surface area (Å²) < 4.78 is 30.1. The van der Waals surface area contributed by atoms with E-state index < -0.39 is 10.0 Å². The lowest BCUT2D eigenvalue weighted by Crippen LogP contribution is -2.36. The number of rotatable bonds is 5.